The van der Waals surface area contributed by atoms with Crippen molar-refractivity contribution in [2.24, 2.45) is 0 Å². The van der Waals surface area contributed by atoms with Crippen molar-refractivity contribution in [3.05, 3.63) is 93.0 Å². The molecule has 2 N–H and O–H groups in total. The van der Waals surface area contributed by atoms with Crippen LogP contribution in [-0.2, 0) is 10.2 Å². The number of halogens is 4. The lowest BCUT2D eigenvalue weighted by atomic mass is 9.59. The van der Waals surface area contributed by atoms with Gasteiger partial charge in [-0.2, -0.15) is 0 Å². The van der Waals surface area contributed by atoms with E-state index in [0.29, 0.717) is 32.7 Å². The van der Waals surface area contributed by atoms with E-state index in [-0.39, 0.29) is 23.3 Å². The molecule has 2 aliphatic heterocycles. The first-order valence-electron chi connectivity index (χ1n) is 11.4. The summed E-state index contributed by atoms with van der Waals surface area (Å²) in [7, 11) is 0. The molecule has 0 unspecified atom stereocenters. The Bertz CT molecular complexity index is 1400. The van der Waals surface area contributed by atoms with E-state index < -0.39 is 29.0 Å². The minimum Gasteiger partial charge on any atom is -0.491 e. The largest absolute Gasteiger partial charge is 0.491 e. The summed E-state index contributed by atoms with van der Waals surface area (Å²) >= 11 is 18.2. The normalized spacial score (nSPS) is 23.0. The van der Waals surface area contributed by atoms with Crippen LogP contribution in [0.5, 0.6) is 5.75 Å². The number of anilines is 1. The summed E-state index contributed by atoms with van der Waals surface area (Å²) in [5.41, 5.74) is 0.327. The zero-order valence-corrected chi connectivity index (χ0v) is 21.7. The average molecular weight is 547 g/mol. The Hall–Kier alpha value is -2.74. The molecule has 3 aromatic rings. The average Bonchev–Trinajstić information content (AvgIpc) is 3.09. The smallest absolute Gasteiger partial charge is 0.238 e. The maximum atomic E-state index is 15.7. The molecule has 1 amide bonds. The quantitative estimate of drug-likeness (QED) is 0.343. The van der Waals surface area contributed by atoms with Gasteiger partial charge in [0.15, 0.2) is 11.6 Å². The van der Waals surface area contributed by atoms with Gasteiger partial charge in [-0.25, -0.2) is 8.78 Å². The fraction of sp³-hybridized carbons (Fsp3) is 0.259. The molecule has 1 spiro atoms. The van der Waals surface area contributed by atoms with E-state index in [2.05, 4.69) is 10.6 Å². The van der Waals surface area contributed by atoms with Crippen molar-refractivity contribution < 1.29 is 18.3 Å². The van der Waals surface area contributed by atoms with Crippen molar-refractivity contribution in [3.63, 3.8) is 0 Å². The number of hydrogen-bond donors (Lipinski definition) is 2. The molecule has 2 aliphatic rings. The number of hydrogen-bond acceptors (Lipinski definition) is 3. The van der Waals surface area contributed by atoms with Crippen LogP contribution in [0.1, 0.15) is 48.9 Å². The van der Waals surface area contributed by atoms with Crippen molar-refractivity contribution in [2.75, 3.05) is 5.32 Å². The second-order valence-corrected chi connectivity index (χ2v) is 10.6. The number of thiocarbonyl (C=S) groups is 1. The van der Waals surface area contributed by atoms with Gasteiger partial charge in [0, 0.05) is 28.1 Å². The van der Waals surface area contributed by atoms with Crippen molar-refractivity contribution in [2.45, 2.75) is 43.7 Å². The molecule has 0 aliphatic carbocycles. The standard InChI is InChI=1S/C27H22Cl2F2N2O2S/c1-13(2)35-21-9-8-19(30)24(31)23(21)25-27(17-7-6-16(29)11-20(17)32-26(27)34)18(12-22(36)33-25)14-4-3-5-15(28)10-14/h3-11,13,18,25H,12H2,1-2H3,(H,32,34)(H,33,36)/t18-,25-,27-/m0/s1. The monoisotopic (exact) mass is 546 g/mol. The number of fused-ring (bicyclic) bond motifs is 2. The highest BCUT2D eigenvalue weighted by Crippen LogP contribution is 2.59. The highest BCUT2D eigenvalue weighted by molar-refractivity contribution is 7.80. The molecule has 186 valence electrons. The number of rotatable bonds is 4. The summed E-state index contributed by atoms with van der Waals surface area (Å²) in [4.78, 5) is 14.5. The number of carbonyl (C=O) groups excluding carboxylic acids is 1. The third-order valence-corrected chi connectivity index (χ3v) is 7.50. The van der Waals surface area contributed by atoms with Crippen molar-refractivity contribution in [1.82, 2.24) is 5.32 Å². The van der Waals surface area contributed by atoms with Crippen LogP contribution in [0.4, 0.5) is 14.5 Å². The predicted octanol–water partition coefficient (Wildman–Crippen LogP) is 7.09. The minimum absolute atomic E-state index is 0.101. The molecule has 0 bridgehead atoms. The van der Waals surface area contributed by atoms with E-state index in [9.17, 15) is 9.18 Å². The summed E-state index contributed by atoms with van der Waals surface area (Å²) in [6, 6.07) is 13.5. The van der Waals surface area contributed by atoms with Crippen LogP contribution < -0.4 is 15.4 Å². The number of piperidine rings is 1. The van der Waals surface area contributed by atoms with Gasteiger partial charge < -0.3 is 15.4 Å². The van der Waals surface area contributed by atoms with Crippen LogP contribution in [0, 0.1) is 11.6 Å². The number of benzene rings is 3. The molecule has 0 radical (unpaired) electrons. The molecular weight excluding hydrogens is 525 g/mol. The summed E-state index contributed by atoms with van der Waals surface area (Å²) < 4.78 is 36.3. The third-order valence-electron chi connectivity index (χ3n) is 6.75. The van der Waals surface area contributed by atoms with E-state index in [0.717, 1.165) is 11.6 Å². The number of amides is 1. The Kier molecular flexibility index (Phi) is 6.43. The Balaban J connectivity index is 1.85. The van der Waals surface area contributed by atoms with Gasteiger partial charge in [0.05, 0.1) is 22.7 Å². The van der Waals surface area contributed by atoms with Crippen LogP contribution in [0.3, 0.4) is 0 Å². The topological polar surface area (TPSA) is 50.4 Å². The molecule has 4 nitrogen and oxygen atoms in total. The summed E-state index contributed by atoms with van der Waals surface area (Å²) in [5, 5.41) is 7.01. The lowest BCUT2D eigenvalue weighted by Gasteiger charge is -2.47. The second-order valence-electron chi connectivity index (χ2n) is 9.27. The Morgan fingerprint density at radius 2 is 1.83 bits per heavy atom. The van der Waals surface area contributed by atoms with Crippen molar-refractivity contribution in [3.8, 4) is 5.75 Å². The molecule has 1 fully saturated rings. The van der Waals surface area contributed by atoms with Crippen LogP contribution in [0.15, 0.2) is 54.6 Å². The second kappa shape index (κ2) is 9.29. The number of carbonyl (C=O) groups is 1. The van der Waals surface area contributed by atoms with E-state index >= 15 is 4.39 Å². The summed E-state index contributed by atoms with van der Waals surface area (Å²) in [6.45, 7) is 3.57. The molecule has 9 heteroatoms. The first-order valence-corrected chi connectivity index (χ1v) is 12.6. The van der Waals surface area contributed by atoms with Crippen molar-refractivity contribution in [1.29, 1.82) is 0 Å². The molecule has 5 rings (SSSR count). The molecule has 3 atom stereocenters. The zero-order valence-electron chi connectivity index (χ0n) is 19.4. The number of nitrogens with one attached hydrogen (secondary N) is 2. The predicted molar refractivity (Wildman–Crippen MR) is 141 cm³/mol. The van der Waals surface area contributed by atoms with Crippen LogP contribution in [0.2, 0.25) is 10.0 Å². The molecule has 0 aromatic heterocycles. The van der Waals surface area contributed by atoms with Crippen LogP contribution in [0.25, 0.3) is 0 Å². The van der Waals surface area contributed by atoms with E-state index in [1.807, 2.05) is 6.07 Å². The van der Waals surface area contributed by atoms with E-state index in [1.165, 1.54) is 6.07 Å². The lowest BCUT2D eigenvalue weighted by Crippen LogP contribution is -2.56. The molecule has 3 aromatic carbocycles. The first kappa shape index (κ1) is 24.9. The highest BCUT2D eigenvalue weighted by Gasteiger charge is 2.61. The van der Waals surface area contributed by atoms with E-state index in [4.69, 9.17) is 40.2 Å². The van der Waals surface area contributed by atoms with Gasteiger partial charge in [0.1, 0.15) is 11.2 Å². The number of ether oxygens (including phenoxy) is 1. The first-order chi connectivity index (χ1) is 17.1. The molecule has 1 saturated heterocycles. The SMILES string of the molecule is CC(C)Oc1ccc(F)c(F)c1[C@@H]1NC(=S)C[C@@H](c2cccc(Cl)c2)[C@]12C(=O)Nc1cc(Cl)ccc12. The Morgan fingerprint density at radius 1 is 1.08 bits per heavy atom. The fourth-order valence-electron chi connectivity index (χ4n) is 5.42. The Morgan fingerprint density at radius 3 is 2.56 bits per heavy atom. The fourth-order valence-corrected chi connectivity index (χ4v) is 6.08. The van der Waals surface area contributed by atoms with Gasteiger partial charge in [-0.3, -0.25) is 4.79 Å². The molecule has 0 saturated carbocycles. The molecule has 36 heavy (non-hydrogen) atoms. The molecule has 2 heterocycles. The van der Waals surface area contributed by atoms with Gasteiger partial charge >= 0.3 is 0 Å². The van der Waals surface area contributed by atoms with E-state index in [1.54, 1.807) is 50.2 Å². The Labute approximate surface area is 222 Å². The molecular formula is C27H22Cl2F2N2O2S. The van der Waals surface area contributed by atoms with Gasteiger partial charge in [0.2, 0.25) is 5.91 Å². The highest BCUT2D eigenvalue weighted by atomic mass is 35.5. The third kappa shape index (κ3) is 3.94. The maximum Gasteiger partial charge on any atom is 0.238 e. The van der Waals surface area contributed by atoms with Gasteiger partial charge in [-0.1, -0.05) is 53.6 Å². The van der Waals surface area contributed by atoms with Gasteiger partial charge in [0.25, 0.3) is 0 Å². The summed E-state index contributed by atoms with van der Waals surface area (Å²) in [6.07, 6.45) is -0.0359. The van der Waals surface area contributed by atoms with Gasteiger partial charge in [-0.05, 0) is 61.4 Å². The van der Waals surface area contributed by atoms with Crippen LogP contribution >= 0.6 is 35.4 Å². The summed E-state index contributed by atoms with van der Waals surface area (Å²) in [5.74, 6) is -2.96. The minimum atomic E-state index is -1.42. The van der Waals surface area contributed by atoms with Crippen LogP contribution in [-0.4, -0.2) is 17.0 Å². The lowest BCUT2D eigenvalue weighted by molar-refractivity contribution is -0.123. The maximum absolute atomic E-state index is 15.7. The van der Waals surface area contributed by atoms with Crippen molar-refractivity contribution >= 4 is 52.0 Å². The zero-order chi connectivity index (χ0) is 25.8. The van der Waals surface area contributed by atoms with Gasteiger partial charge in [-0.15, -0.1) is 0 Å².